The molecule has 0 aliphatic heterocycles. The lowest BCUT2D eigenvalue weighted by Crippen LogP contribution is -2.05. The second kappa shape index (κ2) is 4.81. The Bertz CT molecular complexity index is 342. The summed E-state index contributed by atoms with van der Waals surface area (Å²) in [6, 6.07) is 1.15. The SMILES string of the molecule is FCOc1cc(F)c(F)c(OC(F)F)c1. The van der Waals surface area contributed by atoms with Crippen LogP contribution < -0.4 is 9.47 Å². The molecule has 0 aliphatic rings. The molecule has 0 fully saturated rings. The Morgan fingerprint density at radius 2 is 1.87 bits per heavy atom. The van der Waals surface area contributed by atoms with Crippen LogP contribution in [0.4, 0.5) is 22.0 Å². The topological polar surface area (TPSA) is 18.5 Å². The Labute approximate surface area is 81.2 Å². The van der Waals surface area contributed by atoms with Gasteiger partial charge in [0, 0.05) is 12.1 Å². The molecular weight excluding hydrogens is 223 g/mol. The molecule has 15 heavy (non-hydrogen) atoms. The van der Waals surface area contributed by atoms with Crippen LogP contribution >= 0.6 is 0 Å². The molecule has 0 aliphatic carbocycles. The molecule has 0 amide bonds. The van der Waals surface area contributed by atoms with E-state index >= 15 is 0 Å². The van der Waals surface area contributed by atoms with Crippen molar-refractivity contribution in [3.8, 4) is 11.5 Å². The smallest absolute Gasteiger partial charge is 0.387 e. The van der Waals surface area contributed by atoms with Crippen LogP contribution in [0.5, 0.6) is 11.5 Å². The zero-order valence-electron chi connectivity index (χ0n) is 7.15. The summed E-state index contributed by atoms with van der Waals surface area (Å²) in [7, 11) is 0. The molecule has 84 valence electrons. The molecule has 0 atom stereocenters. The van der Waals surface area contributed by atoms with Gasteiger partial charge in [0.15, 0.2) is 11.6 Å². The van der Waals surface area contributed by atoms with Crippen LogP contribution in [0.25, 0.3) is 0 Å². The van der Waals surface area contributed by atoms with Crippen LogP contribution in [0, 0.1) is 11.6 Å². The third-order valence-corrected chi connectivity index (χ3v) is 1.41. The summed E-state index contributed by atoms with van der Waals surface area (Å²) in [6.07, 6.45) is 0. The molecule has 1 aromatic carbocycles. The van der Waals surface area contributed by atoms with Crippen molar-refractivity contribution in [2.24, 2.45) is 0 Å². The normalized spacial score (nSPS) is 10.5. The fourth-order valence-electron chi connectivity index (χ4n) is 0.868. The summed E-state index contributed by atoms with van der Waals surface area (Å²) in [5.74, 6) is -4.52. The predicted molar refractivity (Wildman–Crippen MR) is 39.6 cm³/mol. The molecule has 0 saturated carbocycles. The van der Waals surface area contributed by atoms with Crippen LogP contribution in [0.2, 0.25) is 0 Å². The van der Waals surface area contributed by atoms with Crippen molar-refractivity contribution in [3.63, 3.8) is 0 Å². The minimum absolute atomic E-state index is 0.438. The summed E-state index contributed by atoms with van der Waals surface area (Å²) in [4.78, 5) is 0. The van der Waals surface area contributed by atoms with E-state index in [9.17, 15) is 22.0 Å². The maximum Gasteiger partial charge on any atom is 0.387 e. The molecule has 0 unspecified atom stereocenters. The highest BCUT2D eigenvalue weighted by Crippen LogP contribution is 2.27. The largest absolute Gasteiger partial charge is 0.463 e. The van der Waals surface area contributed by atoms with Crippen molar-refractivity contribution >= 4 is 0 Å². The zero-order valence-corrected chi connectivity index (χ0v) is 7.15. The van der Waals surface area contributed by atoms with E-state index in [0.717, 1.165) is 0 Å². The van der Waals surface area contributed by atoms with Gasteiger partial charge in [0.2, 0.25) is 12.7 Å². The molecule has 0 heterocycles. The van der Waals surface area contributed by atoms with Crippen LogP contribution in [0.15, 0.2) is 12.1 Å². The zero-order chi connectivity index (χ0) is 11.4. The van der Waals surface area contributed by atoms with Crippen molar-refractivity contribution in [2.75, 3.05) is 6.86 Å². The first kappa shape index (κ1) is 11.5. The van der Waals surface area contributed by atoms with E-state index in [1.54, 1.807) is 0 Å². The summed E-state index contributed by atoms with van der Waals surface area (Å²) < 4.78 is 68.5. The minimum atomic E-state index is -3.31. The van der Waals surface area contributed by atoms with Crippen LogP contribution in [0.3, 0.4) is 0 Å². The van der Waals surface area contributed by atoms with E-state index in [-0.39, 0.29) is 0 Å². The van der Waals surface area contributed by atoms with E-state index in [1.807, 2.05) is 0 Å². The van der Waals surface area contributed by atoms with Crippen molar-refractivity contribution in [2.45, 2.75) is 6.61 Å². The van der Waals surface area contributed by atoms with E-state index in [4.69, 9.17) is 0 Å². The van der Waals surface area contributed by atoms with Gasteiger partial charge in [-0.25, -0.2) is 8.78 Å². The Morgan fingerprint density at radius 1 is 1.20 bits per heavy atom. The van der Waals surface area contributed by atoms with E-state index in [1.165, 1.54) is 0 Å². The first-order chi connectivity index (χ1) is 7.04. The van der Waals surface area contributed by atoms with Gasteiger partial charge in [-0.3, -0.25) is 0 Å². The highest BCUT2D eigenvalue weighted by Gasteiger charge is 2.16. The summed E-state index contributed by atoms with van der Waals surface area (Å²) in [5.41, 5.74) is 0. The van der Waals surface area contributed by atoms with Gasteiger partial charge in [0.25, 0.3) is 0 Å². The van der Waals surface area contributed by atoms with Crippen LogP contribution in [-0.4, -0.2) is 13.5 Å². The maximum atomic E-state index is 12.8. The first-order valence-electron chi connectivity index (χ1n) is 3.67. The molecule has 0 saturated heterocycles. The minimum Gasteiger partial charge on any atom is -0.463 e. The highest BCUT2D eigenvalue weighted by atomic mass is 19.3. The molecule has 2 nitrogen and oxygen atoms in total. The van der Waals surface area contributed by atoms with Crippen LogP contribution in [0.1, 0.15) is 0 Å². The highest BCUT2D eigenvalue weighted by molar-refractivity contribution is 5.35. The predicted octanol–water partition coefficient (Wildman–Crippen LogP) is 2.87. The Kier molecular flexibility index (Phi) is 3.70. The Morgan fingerprint density at radius 3 is 2.40 bits per heavy atom. The van der Waals surface area contributed by atoms with Gasteiger partial charge in [-0.15, -0.1) is 0 Å². The average molecular weight is 228 g/mol. The van der Waals surface area contributed by atoms with E-state index < -0.39 is 36.6 Å². The molecule has 0 spiro atoms. The van der Waals surface area contributed by atoms with Gasteiger partial charge >= 0.3 is 6.61 Å². The first-order valence-corrected chi connectivity index (χ1v) is 3.67. The molecule has 0 bridgehead atoms. The maximum absolute atomic E-state index is 12.8. The third-order valence-electron chi connectivity index (χ3n) is 1.41. The number of halogens is 5. The number of ether oxygens (including phenoxy) is 2. The molecule has 0 radical (unpaired) electrons. The second-order valence-corrected chi connectivity index (χ2v) is 2.35. The van der Waals surface area contributed by atoms with E-state index in [2.05, 4.69) is 9.47 Å². The average Bonchev–Trinajstić information content (AvgIpc) is 2.13. The monoisotopic (exact) mass is 228 g/mol. The van der Waals surface area contributed by atoms with Crippen molar-refractivity contribution in [3.05, 3.63) is 23.8 Å². The quantitative estimate of drug-likeness (QED) is 0.737. The van der Waals surface area contributed by atoms with Crippen molar-refractivity contribution in [1.29, 1.82) is 0 Å². The van der Waals surface area contributed by atoms with Crippen molar-refractivity contribution < 1.29 is 31.4 Å². The summed E-state index contributed by atoms with van der Waals surface area (Å²) in [5, 5.41) is 0. The van der Waals surface area contributed by atoms with Crippen molar-refractivity contribution in [1.82, 2.24) is 0 Å². The van der Waals surface area contributed by atoms with Crippen LogP contribution in [-0.2, 0) is 0 Å². The summed E-state index contributed by atoms with van der Waals surface area (Å²) in [6.45, 7) is -4.60. The lowest BCUT2D eigenvalue weighted by Gasteiger charge is -2.08. The lowest BCUT2D eigenvalue weighted by molar-refractivity contribution is -0.0526. The number of benzene rings is 1. The fourth-order valence-corrected chi connectivity index (χ4v) is 0.868. The molecule has 1 aromatic rings. The van der Waals surface area contributed by atoms with Gasteiger partial charge in [-0.05, 0) is 0 Å². The number of hydrogen-bond donors (Lipinski definition) is 0. The third kappa shape index (κ3) is 2.97. The summed E-state index contributed by atoms with van der Waals surface area (Å²) >= 11 is 0. The molecule has 0 aromatic heterocycles. The van der Waals surface area contributed by atoms with Gasteiger partial charge in [-0.2, -0.15) is 13.2 Å². The Hall–Kier alpha value is -1.53. The number of rotatable bonds is 4. The molecule has 1 rings (SSSR count). The van der Waals surface area contributed by atoms with Gasteiger partial charge < -0.3 is 9.47 Å². The van der Waals surface area contributed by atoms with Gasteiger partial charge in [-0.1, -0.05) is 0 Å². The van der Waals surface area contributed by atoms with Gasteiger partial charge in [0.05, 0.1) is 0 Å². The standard InChI is InChI=1S/C8H5F5O2/c9-3-14-4-1-5(10)7(11)6(2-4)15-8(12)13/h1-2,8H,3H2. The number of hydrogen-bond acceptors (Lipinski definition) is 2. The lowest BCUT2D eigenvalue weighted by atomic mass is 10.3. The van der Waals surface area contributed by atoms with E-state index in [0.29, 0.717) is 12.1 Å². The molecular formula is C8H5F5O2. The molecule has 7 heteroatoms. The Balaban J connectivity index is 3.01. The fraction of sp³-hybridized carbons (Fsp3) is 0.250. The number of alkyl halides is 3. The molecule has 0 N–H and O–H groups in total. The second-order valence-electron chi connectivity index (χ2n) is 2.35. The van der Waals surface area contributed by atoms with Gasteiger partial charge in [0.1, 0.15) is 5.75 Å².